The molecule has 0 fully saturated rings. The lowest BCUT2D eigenvalue weighted by molar-refractivity contribution is -0.138. The number of carbonyl (C=O) groups excluding carboxylic acids is 2. The van der Waals surface area contributed by atoms with E-state index < -0.39 is 30.1 Å². The van der Waals surface area contributed by atoms with Gasteiger partial charge in [-0.2, -0.15) is 13.2 Å². The highest BCUT2D eigenvalue weighted by Crippen LogP contribution is 2.29. The summed E-state index contributed by atoms with van der Waals surface area (Å²) in [5.41, 5.74) is -0.447. The normalized spacial score (nSPS) is 11.3. The van der Waals surface area contributed by atoms with Crippen LogP contribution in [0.15, 0.2) is 48.5 Å². The maximum atomic E-state index is 12.7. The van der Waals surface area contributed by atoms with E-state index in [4.69, 9.17) is 14.2 Å². The first kappa shape index (κ1) is 21.0. The number of halogens is 3. The summed E-state index contributed by atoms with van der Waals surface area (Å²) in [5, 5.41) is 0. The topological polar surface area (TPSA) is 61.8 Å². The van der Waals surface area contributed by atoms with Crippen LogP contribution in [-0.2, 0) is 15.7 Å². The van der Waals surface area contributed by atoms with Crippen LogP contribution in [0.1, 0.15) is 21.5 Å². The van der Waals surface area contributed by atoms with E-state index in [1.54, 1.807) is 6.07 Å². The fourth-order valence-electron chi connectivity index (χ4n) is 2.27. The van der Waals surface area contributed by atoms with Crippen LogP contribution in [0, 0.1) is 0 Å². The van der Waals surface area contributed by atoms with Gasteiger partial charge in [0.2, 0.25) is 5.78 Å². The van der Waals surface area contributed by atoms with Crippen molar-refractivity contribution in [1.29, 1.82) is 0 Å². The SMILES string of the molecule is COc1ccc(C(=O)COC(=O)/C=C/c2cccc(C(F)(F)F)c2)c(OC)c1. The molecule has 0 heterocycles. The van der Waals surface area contributed by atoms with Crippen LogP contribution in [0.2, 0.25) is 0 Å². The van der Waals surface area contributed by atoms with E-state index in [0.717, 1.165) is 18.2 Å². The van der Waals surface area contributed by atoms with Gasteiger partial charge in [-0.1, -0.05) is 12.1 Å². The molecule has 0 N–H and O–H groups in total. The standard InChI is InChI=1S/C20H17F3O5/c1-26-15-7-8-16(18(11-15)27-2)17(24)12-28-19(25)9-6-13-4-3-5-14(10-13)20(21,22)23/h3-11H,12H2,1-2H3/b9-6+. The van der Waals surface area contributed by atoms with Gasteiger partial charge in [0.25, 0.3) is 0 Å². The zero-order valence-electron chi connectivity index (χ0n) is 15.1. The largest absolute Gasteiger partial charge is 0.497 e. The smallest absolute Gasteiger partial charge is 0.416 e. The number of benzene rings is 2. The van der Waals surface area contributed by atoms with Crippen LogP contribution in [-0.4, -0.2) is 32.6 Å². The number of Topliss-reactive ketones (excluding diaryl/α,β-unsaturated/α-hetero) is 1. The molecule has 0 spiro atoms. The Bertz CT molecular complexity index is 888. The molecule has 0 radical (unpaired) electrons. The fraction of sp³-hybridized carbons (Fsp3) is 0.200. The van der Waals surface area contributed by atoms with Crippen molar-refractivity contribution >= 4 is 17.8 Å². The van der Waals surface area contributed by atoms with Crippen LogP contribution >= 0.6 is 0 Å². The van der Waals surface area contributed by atoms with Gasteiger partial charge < -0.3 is 14.2 Å². The number of rotatable bonds is 7. The van der Waals surface area contributed by atoms with Gasteiger partial charge in [0.1, 0.15) is 11.5 Å². The molecule has 5 nitrogen and oxygen atoms in total. The molecular weight excluding hydrogens is 377 g/mol. The van der Waals surface area contributed by atoms with Crippen LogP contribution in [0.25, 0.3) is 6.08 Å². The van der Waals surface area contributed by atoms with Gasteiger partial charge >= 0.3 is 12.1 Å². The number of hydrogen-bond donors (Lipinski definition) is 0. The molecule has 0 aliphatic rings. The highest BCUT2D eigenvalue weighted by atomic mass is 19.4. The third-order valence-corrected chi connectivity index (χ3v) is 3.68. The summed E-state index contributed by atoms with van der Waals surface area (Å²) in [7, 11) is 2.85. The Hall–Kier alpha value is -3.29. The van der Waals surface area contributed by atoms with Crippen LogP contribution < -0.4 is 9.47 Å². The highest BCUT2D eigenvalue weighted by molar-refractivity contribution is 6.01. The van der Waals surface area contributed by atoms with Crippen molar-refractivity contribution < 1.29 is 37.0 Å². The molecule has 148 valence electrons. The Morgan fingerprint density at radius 1 is 1.04 bits per heavy atom. The van der Waals surface area contributed by atoms with E-state index >= 15 is 0 Å². The minimum absolute atomic E-state index is 0.176. The number of ketones is 1. The van der Waals surface area contributed by atoms with E-state index in [2.05, 4.69) is 0 Å². The Balaban J connectivity index is 1.99. The molecule has 8 heteroatoms. The van der Waals surface area contributed by atoms with E-state index in [1.165, 1.54) is 44.6 Å². The molecule has 0 aliphatic heterocycles. The third-order valence-electron chi connectivity index (χ3n) is 3.68. The Kier molecular flexibility index (Phi) is 6.81. The van der Waals surface area contributed by atoms with Gasteiger partial charge in [0.05, 0.1) is 25.3 Å². The molecule has 0 atom stereocenters. The van der Waals surface area contributed by atoms with Crippen LogP contribution in [0.5, 0.6) is 11.5 Å². The lowest BCUT2D eigenvalue weighted by Crippen LogP contribution is -2.13. The van der Waals surface area contributed by atoms with Gasteiger partial charge in [0.15, 0.2) is 6.61 Å². The number of carbonyl (C=O) groups is 2. The zero-order valence-corrected chi connectivity index (χ0v) is 15.1. The minimum Gasteiger partial charge on any atom is -0.497 e. The first-order valence-electron chi connectivity index (χ1n) is 8.02. The second-order valence-electron chi connectivity index (χ2n) is 5.55. The van der Waals surface area contributed by atoms with E-state index in [-0.39, 0.29) is 16.9 Å². The summed E-state index contributed by atoms with van der Waals surface area (Å²) in [6.45, 7) is -0.547. The van der Waals surface area contributed by atoms with Gasteiger partial charge in [-0.15, -0.1) is 0 Å². The van der Waals surface area contributed by atoms with Crippen molar-refractivity contribution in [3.63, 3.8) is 0 Å². The third kappa shape index (κ3) is 5.60. The Morgan fingerprint density at radius 2 is 1.79 bits per heavy atom. The van der Waals surface area contributed by atoms with E-state index in [1.807, 2.05) is 0 Å². The van der Waals surface area contributed by atoms with Crippen molar-refractivity contribution in [2.45, 2.75) is 6.18 Å². The van der Waals surface area contributed by atoms with E-state index in [9.17, 15) is 22.8 Å². The first-order valence-corrected chi connectivity index (χ1v) is 8.02. The molecule has 0 bridgehead atoms. The van der Waals surface area contributed by atoms with Crippen LogP contribution in [0.3, 0.4) is 0 Å². The van der Waals surface area contributed by atoms with Crippen molar-refractivity contribution in [2.75, 3.05) is 20.8 Å². The number of esters is 1. The first-order chi connectivity index (χ1) is 13.2. The number of hydrogen-bond acceptors (Lipinski definition) is 5. The molecule has 0 unspecified atom stereocenters. The van der Waals surface area contributed by atoms with Gasteiger partial charge in [-0.25, -0.2) is 4.79 Å². The van der Waals surface area contributed by atoms with Gasteiger partial charge in [0, 0.05) is 12.1 Å². The average Bonchev–Trinajstić information content (AvgIpc) is 2.69. The van der Waals surface area contributed by atoms with Crippen LogP contribution in [0.4, 0.5) is 13.2 Å². The summed E-state index contributed by atoms with van der Waals surface area (Å²) in [6.07, 6.45) is -2.35. The lowest BCUT2D eigenvalue weighted by atomic mass is 10.1. The average molecular weight is 394 g/mol. The molecule has 2 aromatic carbocycles. The van der Waals surface area contributed by atoms with Crippen molar-refractivity contribution in [3.05, 3.63) is 65.2 Å². The summed E-state index contributed by atoms with van der Waals surface area (Å²) < 4.78 is 53.0. The Morgan fingerprint density at radius 3 is 2.43 bits per heavy atom. The number of methoxy groups -OCH3 is 2. The molecule has 2 aromatic rings. The van der Waals surface area contributed by atoms with Gasteiger partial charge in [-0.05, 0) is 35.9 Å². The monoisotopic (exact) mass is 394 g/mol. The molecule has 0 aromatic heterocycles. The zero-order chi connectivity index (χ0) is 20.7. The van der Waals surface area contributed by atoms with E-state index in [0.29, 0.717) is 5.75 Å². The second-order valence-corrected chi connectivity index (χ2v) is 5.55. The minimum atomic E-state index is -4.48. The lowest BCUT2D eigenvalue weighted by Gasteiger charge is -2.09. The predicted molar refractivity (Wildman–Crippen MR) is 95.3 cm³/mol. The fourth-order valence-corrected chi connectivity index (χ4v) is 2.27. The molecule has 0 saturated heterocycles. The van der Waals surface area contributed by atoms with Gasteiger partial charge in [-0.3, -0.25) is 4.79 Å². The number of alkyl halides is 3. The molecule has 0 aliphatic carbocycles. The molecule has 0 amide bonds. The van der Waals surface area contributed by atoms with Crippen molar-refractivity contribution in [2.24, 2.45) is 0 Å². The summed E-state index contributed by atoms with van der Waals surface area (Å²) >= 11 is 0. The molecule has 0 saturated carbocycles. The quantitative estimate of drug-likeness (QED) is 0.401. The highest BCUT2D eigenvalue weighted by Gasteiger charge is 2.30. The summed E-state index contributed by atoms with van der Waals surface area (Å²) in [6, 6.07) is 9.02. The second kappa shape index (κ2) is 9.07. The predicted octanol–water partition coefficient (Wildman–Crippen LogP) is 4.16. The maximum absolute atomic E-state index is 12.7. The van der Waals surface area contributed by atoms with Crippen molar-refractivity contribution in [1.82, 2.24) is 0 Å². The molecule has 2 rings (SSSR count). The molecular formula is C20H17F3O5. The maximum Gasteiger partial charge on any atom is 0.416 e. The van der Waals surface area contributed by atoms with Crippen molar-refractivity contribution in [3.8, 4) is 11.5 Å². The summed E-state index contributed by atoms with van der Waals surface area (Å²) in [4.78, 5) is 24.0. The summed E-state index contributed by atoms with van der Waals surface area (Å²) in [5.74, 6) is -0.604. The molecule has 28 heavy (non-hydrogen) atoms. The Labute approximate surface area is 159 Å². The number of ether oxygens (including phenoxy) is 3.